The minimum atomic E-state index is -1.18. The molecule has 1 amide bonds. The van der Waals surface area contributed by atoms with E-state index in [2.05, 4.69) is 10.3 Å². The highest BCUT2D eigenvalue weighted by Gasteiger charge is 2.20. The van der Waals surface area contributed by atoms with Gasteiger partial charge in [-0.15, -0.1) is 0 Å². The number of pyridine rings is 1. The molecule has 1 heterocycles. The Hall–Kier alpha value is -3.09. The normalized spacial score (nSPS) is 15.1. The number of carbonyl (C=O) groups is 2. The molecule has 0 radical (unpaired) electrons. The zero-order valence-corrected chi connectivity index (χ0v) is 16.0. The quantitative estimate of drug-likeness (QED) is 0.757. The van der Waals surface area contributed by atoms with Crippen molar-refractivity contribution in [1.29, 1.82) is 0 Å². The van der Waals surface area contributed by atoms with Crippen molar-refractivity contribution in [3.63, 3.8) is 0 Å². The van der Waals surface area contributed by atoms with Crippen molar-refractivity contribution in [1.82, 2.24) is 10.3 Å². The van der Waals surface area contributed by atoms with Gasteiger partial charge in [0, 0.05) is 11.8 Å². The maximum atomic E-state index is 12.5. The molecule has 1 aromatic carbocycles. The van der Waals surface area contributed by atoms with E-state index < -0.39 is 5.97 Å². The van der Waals surface area contributed by atoms with Crippen LogP contribution in [0.5, 0.6) is 11.5 Å². The molecule has 1 atom stereocenters. The van der Waals surface area contributed by atoms with Crippen LogP contribution >= 0.6 is 0 Å². The van der Waals surface area contributed by atoms with Crippen LogP contribution in [0.3, 0.4) is 0 Å². The average Bonchev–Trinajstić information content (AvgIpc) is 3.21. The summed E-state index contributed by atoms with van der Waals surface area (Å²) in [5, 5.41) is 11.9. The van der Waals surface area contributed by atoms with Gasteiger partial charge in [0.05, 0.1) is 19.3 Å². The van der Waals surface area contributed by atoms with E-state index >= 15 is 0 Å². The van der Waals surface area contributed by atoms with Crippen LogP contribution in [0.1, 0.15) is 65.1 Å². The van der Waals surface area contributed by atoms with Gasteiger partial charge in [-0.3, -0.25) is 4.79 Å². The van der Waals surface area contributed by atoms with Crippen LogP contribution < -0.4 is 14.8 Å². The number of aromatic carboxylic acids is 1. The fourth-order valence-corrected chi connectivity index (χ4v) is 3.29. The second kappa shape index (κ2) is 8.73. The molecular weight excluding hydrogens is 360 g/mol. The molecule has 1 fully saturated rings. The molecule has 0 bridgehead atoms. The van der Waals surface area contributed by atoms with E-state index in [0.29, 0.717) is 11.5 Å². The molecule has 0 aliphatic heterocycles. The number of carboxylic acids is 1. The summed E-state index contributed by atoms with van der Waals surface area (Å²) in [5.74, 6) is -0.215. The molecule has 7 heteroatoms. The number of aromatic nitrogens is 1. The number of methoxy groups -OCH3 is 1. The summed E-state index contributed by atoms with van der Waals surface area (Å²) in [7, 11) is 1.59. The van der Waals surface area contributed by atoms with E-state index in [0.717, 1.165) is 18.4 Å². The second-order valence-corrected chi connectivity index (χ2v) is 6.86. The van der Waals surface area contributed by atoms with Gasteiger partial charge in [-0.25, -0.2) is 9.78 Å². The van der Waals surface area contributed by atoms with Gasteiger partial charge in [0.1, 0.15) is 5.69 Å². The van der Waals surface area contributed by atoms with Crippen molar-refractivity contribution < 1.29 is 24.2 Å². The minimum absolute atomic E-state index is 0.171. The third kappa shape index (κ3) is 4.60. The monoisotopic (exact) mass is 384 g/mol. The van der Waals surface area contributed by atoms with Gasteiger partial charge >= 0.3 is 5.97 Å². The van der Waals surface area contributed by atoms with Crippen molar-refractivity contribution in [2.75, 3.05) is 7.11 Å². The molecule has 1 aromatic heterocycles. The molecule has 28 heavy (non-hydrogen) atoms. The standard InChI is InChI=1S/C21H24N2O5/c1-13(23-20(24)15-9-10-22-17(11-15)21(25)26)14-7-8-18(19(12-14)27-2)28-16-5-3-4-6-16/h7-13,16H,3-6H2,1-2H3,(H,23,24)(H,25,26). The van der Waals surface area contributed by atoms with Crippen LogP contribution in [0.4, 0.5) is 0 Å². The predicted octanol–water partition coefficient (Wildman–Crippen LogP) is 3.60. The first-order valence-corrected chi connectivity index (χ1v) is 9.32. The molecule has 1 aliphatic rings. The number of amides is 1. The lowest BCUT2D eigenvalue weighted by Crippen LogP contribution is -2.27. The molecule has 0 spiro atoms. The molecule has 1 saturated carbocycles. The van der Waals surface area contributed by atoms with Crippen molar-refractivity contribution >= 4 is 11.9 Å². The summed E-state index contributed by atoms with van der Waals surface area (Å²) in [6, 6.07) is 8.04. The number of hydrogen-bond donors (Lipinski definition) is 2. The maximum absolute atomic E-state index is 12.5. The second-order valence-electron chi connectivity index (χ2n) is 6.86. The number of carbonyl (C=O) groups excluding carboxylic acids is 1. The smallest absolute Gasteiger partial charge is 0.354 e. The van der Waals surface area contributed by atoms with Crippen molar-refractivity contribution in [2.24, 2.45) is 0 Å². The largest absolute Gasteiger partial charge is 0.493 e. The van der Waals surface area contributed by atoms with Crippen LogP contribution in [0.2, 0.25) is 0 Å². The summed E-state index contributed by atoms with van der Waals surface area (Å²) in [5.41, 5.74) is 0.930. The molecule has 7 nitrogen and oxygen atoms in total. The Kier molecular flexibility index (Phi) is 6.13. The Bertz CT molecular complexity index is 862. The highest BCUT2D eigenvalue weighted by atomic mass is 16.5. The third-order valence-electron chi connectivity index (χ3n) is 4.87. The first-order valence-electron chi connectivity index (χ1n) is 9.32. The fourth-order valence-electron chi connectivity index (χ4n) is 3.29. The topological polar surface area (TPSA) is 97.8 Å². The van der Waals surface area contributed by atoms with Gasteiger partial charge in [-0.1, -0.05) is 6.07 Å². The number of rotatable bonds is 7. The van der Waals surface area contributed by atoms with Gasteiger partial charge in [0.2, 0.25) is 0 Å². The SMILES string of the molecule is COc1cc(C(C)NC(=O)c2ccnc(C(=O)O)c2)ccc1OC1CCCC1. The molecule has 1 aliphatic carbocycles. The number of nitrogens with one attached hydrogen (secondary N) is 1. The lowest BCUT2D eigenvalue weighted by molar-refractivity contribution is 0.0690. The highest BCUT2D eigenvalue weighted by molar-refractivity contribution is 5.96. The average molecular weight is 384 g/mol. The van der Waals surface area contributed by atoms with Gasteiger partial charge in [0.25, 0.3) is 5.91 Å². The predicted molar refractivity (Wildman–Crippen MR) is 103 cm³/mol. The van der Waals surface area contributed by atoms with Crippen molar-refractivity contribution in [2.45, 2.75) is 44.8 Å². The first kappa shape index (κ1) is 19.7. The molecule has 2 N–H and O–H groups in total. The molecule has 2 aromatic rings. The first-order chi connectivity index (χ1) is 13.5. The van der Waals surface area contributed by atoms with E-state index in [1.54, 1.807) is 7.11 Å². The van der Waals surface area contributed by atoms with E-state index in [-0.39, 0.29) is 29.3 Å². The van der Waals surface area contributed by atoms with Crippen molar-refractivity contribution in [3.8, 4) is 11.5 Å². The van der Waals surface area contributed by atoms with Crippen LogP contribution in [0.15, 0.2) is 36.5 Å². The Morgan fingerprint density at radius 3 is 2.61 bits per heavy atom. The summed E-state index contributed by atoms with van der Waals surface area (Å²) in [6.07, 6.45) is 6.02. The van der Waals surface area contributed by atoms with Crippen LogP contribution in [-0.4, -0.2) is 35.2 Å². The van der Waals surface area contributed by atoms with Crippen molar-refractivity contribution in [3.05, 3.63) is 53.3 Å². The van der Waals surface area contributed by atoms with Crippen LogP contribution in [-0.2, 0) is 0 Å². The Labute approximate surface area is 163 Å². The number of ether oxygens (including phenoxy) is 2. The molecule has 148 valence electrons. The third-order valence-corrected chi connectivity index (χ3v) is 4.87. The number of benzene rings is 1. The van der Waals surface area contributed by atoms with E-state index in [9.17, 15) is 9.59 Å². The highest BCUT2D eigenvalue weighted by Crippen LogP contribution is 2.33. The molecule has 3 rings (SSSR count). The zero-order valence-electron chi connectivity index (χ0n) is 16.0. The minimum Gasteiger partial charge on any atom is -0.493 e. The van der Waals surface area contributed by atoms with Gasteiger partial charge < -0.3 is 19.9 Å². The van der Waals surface area contributed by atoms with Gasteiger partial charge in [0.15, 0.2) is 11.5 Å². The fraction of sp³-hybridized carbons (Fsp3) is 0.381. The Morgan fingerprint density at radius 2 is 1.93 bits per heavy atom. The molecule has 1 unspecified atom stereocenters. The number of nitrogens with zero attached hydrogens (tertiary/aromatic N) is 1. The molecule has 0 saturated heterocycles. The summed E-state index contributed by atoms with van der Waals surface area (Å²) < 4.78 is 11.5. The van der Waals surface area contributed by atoms with Crippen LogP contribution in [0, 0.1) is 0 Å². The Balaban J connectivity index is 1.71. The number of carboxylic acid groups (broad SMARTS) is 1. The van der Waals surface area contributed by atoms with Crippen LogP contribution in [0.25, 0.3) is 0 Å². The van der Waals surface area contributed by atoms with Gasteiger partial charge in [-0.2, -0.15) is 0 Å². The summed E-state index contributed by atoms with van der Waals surface area (Å²) in [4.78, 5) is 27.2. The maximum Gasteiger partial charge on any atom is 0.354 e. The summed E-state index contributed by atoms with van der Waals surface area (Å²) in [6.45, 7) is 1.85. The Morgan fingerprint density at radius 1 is 1.18 bits per heavy atom. The molecular formula is C21H24N2O5. The van der Waals surface area contributed by atoms with E-state index in [1.807, 2.05) is 25.1 Å². The lowest BCUT2D eigenvalue weighted by Gasteiger charge is -2.19. The summed E-state index contributed by atoms with van der Waals surface area (Å²) >= 11 is 0. The number of hydrogen-bond acceptors (Lipinski definition) is 5. The van der Waals surface area contributed by atoms with E-state index in [4.69, 9.17) is 14.6 Å². The van der Waals surface area contributed by atoms with Gasteiger partial charge in [-0.05, 0) is 62.4 Å². The van der Waals surface area contributed by atoms with E-state index in [1.165, 1.54) is 31.2 Å². The zero-order chi connectivity index (χ0) is 20.1. The lowest BCUT2D eigenvalue weighted by atomic mass is 10.1.